The molecule has 1 heterocycles. The molecule has 0 aliphatic rings. The number of aryl methyl sites for hydroxylation is 1. The third kappa shape index (κ3) is 4.18. The zero-order valence-corrected chi connectivity index (χ0v) is 13.8. The number of amides is 1. The predicted octanol–water partition coefficient (Wildman–Crippen LogP) is 3.61. The Labute approximate surface area is 132 Å². The maximum Gasteiger partial charge on any atom is 0.257 e. The lowest BCUT2D eigenvalue weighted by Crippen LogP contribution is -2.12. The minimum absolute atomic E-state index is 0.189. The zero-order valence-electron chi connectivity index (χ0n) is 12.2. The lowest BCUT2D eigenvalue weighted by Gasteiger charge is -2.08. The van der Waals surface area contributed by atoms with Crippen LogP contribution in [0.3, 0.4) is 0 Å². The van der Waals surface area contributed by atoms with E-state index in [2.05, 4.69) is 15.5 Å². The first-order valence-electron chi connectivity index (χ1n) is 6.65. The Morgan fingerprint density at radius 2 is 2.19 bits per heavy atom. The number of aromatic nitrogens is 2. The topological polar surface area (TPSA) is 64.1 Å². The maximum atomic E-state index is 12.2. The van der Waals surface area contributed by atoms with E-state index in [-0.39, 0.29) is 5.91 Å². The summed E-state index contributed by atoms with van der Waals surface area (Å²) in [6.45, 7) is 6.51. The van der Waals surface area contributed by atoms with Gasteiger partial charge in [0, 0.05) is 5.56 Å². The lowest BCUT2D eigenvalue weighted by molar-refractivity contribution is 0.102. The third-order valence-electron chi connectivity index (χ3n) is 2.63. The average molecular weight is 323 g/mol. The Balaban J connectivity index is 2.07. The van der Waals surface area contributed by atoms with E-state index in [0.717, 1.165) is 21.4 Å². The van der Waals surface area contributed by atoms with Crippen LogP contribution in [0.15, 0.2) is 22.5 Å². The van der Waals surface area contributed by atoms with Gasteiger partial charge in [-0.15, -0.1) is 10.2 Å². The molecule has 0 saturated heterocycles. The van der Waals surface area contributed by atoms with Crippen molar-refractivity contribution in [3.63, 3.8) is 0 Å². The van der Waals surface area contributed by atoms with Crippen LogP contribution in [0.5, 0.6) is 5.75 Å². The minimum Gasteiger partial charge on any atom is -0.494 e. The molecule has 1 aromatic heterocycles. The molecule has 0 unspecified atom stereocenters. The number of hydrogen-bond acceptors (Lipinski definition) is 6. The third-order valence-corrected chi connectivity index (χ3v) is 4.49. The number of anilines is 1. The molecule has 0 fully saturated rings. The number of benzene rings is 1. The van der Waals surface area contributed by atoms with Crippen LogP contribution in [-0.4, -0.2) is 28.5 Å². The maximum absolute atomic E-state index is 12.2. The van der Waals surface area contributed by atoms with Crippen molar-refractivity contribution < 1.29 is 9.53 Å². The number of carbonyl (C=O) groups is 1. The van der Waals surface area contributed by atoms with E-state index in [9.17, 15) is 4.79 Å². The fourth-order valence-electron chi connectivity index (χ4n) is 1.72. The summed E-state index contributed by atoms with van der Waals surface area (Å²) in [6.07, 6.45) is 0. The predicted molar refractivity (Wildman–Crippen MR) is 86.6 cm³/mol. The normalized spacial score (nSPS) is 10.4. The zero-order chi connectivity index (χ0) is 15.2. The van der Waals surface area contributed by atoms with Crippen molar-refractivity contribution in [2.24, 2.45) is 0 Å². The molecule has 0 saturated carbocycles. The van der Waals surface area contributed by atoms with Crippen LogP contribution in [0.1, 0.15) is 29.8 Å². The van der Waals surface area contributed by atoms with Crippen LogP contribution in [0.2, 0.25) is 0 Å². The van der Waals surface area contributed by atoms with Crippen LogP contribution < -0.4 is 10.1 Å². The van der Waals surface area contributed by atoms with Gasteiger partial charge < -0.3 is 4.74 Å². The van der Waals surface area contributed by atoms with Crippen molar-refractivity contribution in [3.8, 4) is 5.75 Å². The monoisotopic (exact) mass is 323 g/mol. The minimum atomic E-state index is -0.189. The SMILES string of the molecule is CCOc1ccc(C(=O)Nc2nnc(SCC)s2)cc1C. The van der Waals surface area contributed by atoms with Gasteiger partial charge in [0.1, 0.15) is 5.75 Å². The molecular weight excluding hydrogens is 306 g/mol. The summed E-state index contributed by atoms with van der Waals surface area (Å²) in [4.78, 5) is 12.2. The van der Waals surface area contributed by atoms with Gasteiger partial charge in [-0.05, 0) is 43.4 Å². The number of rotatable bonds is 6. The van der Waals surface area contributed by atoms with Gasteiger partial charge in [-0.25, -0.2) is 0 Å². The van der Waals surface area contributed by atoms with E-state index >= 15 is 0 Å². The molecule has 1 N–H and O–H groups in total. The van der Waals surface area contributed by atoms with E-state index in [1.807, 2.05) is 32.9 Å². The van der Waals surface area contributed by atoms with Gasteiger partial charge in [-0.2, -0.15) is 0 Å². The molecule has 1 amide bonds. The molecule has 2 aromatic rings. The van der Waals surface area contributed by atoms with Crippen LogP contribution in [-0.2, 0) is 0 Å². The van der Waals surface area contributed by atoms with E-state index in [0.29, 0.717) is 17.3 Å². The van der Waals surface area contributed by atoms with Crippen molar-refractivity contribution in [1.29, 1.82) is 0 Å². The van der Waals surface area contributed by atoms with Gasteiger partial charge in [0.2, 0.25) is 5.13 Å². The van der Waals surface area contributed by atoms with Crippen molar-refractivity contribution >= 4 is 34.1 Å². The Hall–Kier alpha value is -1.60. The lowest BCUT2D eigenvalue weighted by atomic mass is 10.1. The Morgan fingerprint density at radius 3 is 2.86 bits per heavy atom. The summed E-state index contributed by atoms with van der Waals surface area (Å²) in [6, 6.07) is 5.37. The van der Waals surface area contributed by atoms with E-state index in [4.69, 9.17) is 4.74 Å². The molecule has 0 aliphatic heterocycles. The Kier molecular flexibility index (Phi) is 5.58. The van der Waals surface area contributed by atoms with Crippen molar-refractivity contribution in [2.45, 2.75) is 25.1 Å². The van der Waals surface area contributed by atoms with Crippen molar-refractivity contribution in [2.75, 3.05) is 17.7 Å². The Bertz CT molecular complexity index is 628. The highest BCUT2D eigenvalue weighted by Crippen LogP contribution is 2.26. The average Bonchev–Trinajstić information content (AvgIpc) is 2.89. The molecule has 0 radical (unpaired) electrons. The Morgan fingerprint density at radius 1 is 1.38 bits per heavy atom. The standard InChI is InChI=1S/C14H17N3O2S2/c1-4-19-11-7-6-10(8-9(11)3)12(18)15-13-16-17-14(21-13)20-5-2/h6-8H,4-5H2,1-3H3,(H,15,16,18). The first kappa shape index (κ1) is 15.8. The summed E-state index contributed by atoms with van der Waals surface area (Å²) in [5, 5.41) is 11.2. The fourth-order valence-corrected chi connectivity index (χ4v) is 3.36. The number of nitrogens with one attached hydrogen (secondary N) is 1. The summed E-state index contributed by atoms with van der Waals surface area (Å²) in [5.74, 6) is 1.54. The quantitative estimate of drug-likeness (QED) is 0.650. The van der Waals surface area contributed by atoms with E-state index in [1.54, 1.807) is 17.8 Å². The van der Waals surface area contributed by atoms with Crippen LogP contribution in [0, 0.1) is 6.92 Å². The number of nitrogens with zero attached hydrogens (tertiary/aromatic N) is 2. The molecule has 0 bridgehead atoms. The van der Waals surface area contributed by atoms with Gasteiger partial charge >= 0.3 is 0 Å². The second-order valence-corrected chi connectivity index (χ2v) is 6.66. The molecule has 2 rings (SSSR count). The number of carbonyl (C=O) groups excluding carboxylic acids is 1. The molecule has 0 atom stereocenters. The second kappa shape index (κ2) is 7.42. The molecule has 1 aromatic carbocycles. The highest BCUT2D eigenvalue weighted by atomic mass is 32.2. The summed E-state index contributed by atoms with van der Waals surface area (Å²) >= 11 is 2.99. The summed E-state index contributed by atoms with van der Waals surface area (Å²) in [7, 11) is 0. The van der Waals surface area contributed by atoms with Gasteiger partial charge in [0.25, 0.3) is 5.91 Å². The molecule has 7 heteroatoms. The largest absolute Gasteiger partial charge is 0.494 e. The van der Waals surface area contributed by atoms with Crippen molar-refractivity contribution in [3.05, 3.63) is 29.3 Å². The molecule has 0 aliphatic carbocycles. The van der Waals surface area contributed by atoms with E-state index in [1.165, 1.54) is 11.3 Å². The highest BCUT2D eigenvalue weighted by Gasteiger charge is 2.11. The van der Waals surface area contributed by atoms with Crippen LogP contribution in [0.4, 0.5) is 5.13 Å². The van der Waals surface area contributed by atoms with Crippen molar-refractivity contribution in [1.82, 2.24) is 10.2 Å². The first-order chi connectivity index (χ1) is 10.1. The first-order valence-corrected chi connectivity index (χ1v) is 8.45. The van der Waals surface area contributed by atoms with E-state index < -0.39 is 0 Å². The number of ether oxygens (including phenoxy) is 1. The van der Waals surface area contributed by atoms with Gasteiger partial charge in [-0.3, -0.25) is 10.1 Å². The van der Waals surface area contributed by atoms with Gasteiger partial charge in [0.15, 0.2) is 4.34 Å². The van der Waals surface area contributed by atoms with Crippen LogP contribution in [0.25, 0.3) is 0 Å². The number of thioether (sulfide) groups is 1. The number of hydrogen-bond donors (Lipinski definition) is 1. The molecule has 112 valence electrons. The second-order valence-electron chi connectivity index (χ2n) is 4.17. The molecule has 0 spiro atoms. The van der Waals surface area contributed by atoms with Gasteiger partial charge in [0.05, 0.1) is 6.61 Å². The molecular formula is C14H17N3O2S2. The van der Waals surface area contributed by atoms with Gasteiger partial charge in [-0.1, -0.05) is 30.0 Å². The van der Waals surface area contributed by atoms with Crippen LogP contribution >= 0.6 is 23.1 Å². The summed E-state index contributed by atoms with van der Waals surface area (Å²) < 4.78 is 6.32. The fraction of sp³-hybridized carbons (Fsp3) is 0.357. The molecule has 21 heavy (non-hydrogen) atoms. The smallest absolute Gasteiger partial charge is 0.257 e. The summed E-state index contributed by atoms with van der Waals surface area (Å²) in [5.41, 5.74) is 1.51. The molecule has 5 nitrogen and oxygen atoms in total. The highest BCUT2D eigenvalue weighted by molar-refractivity contribution is 8.01.